The van der Waals surface area contributed by atoms with Crippen LogP contribution in [-0.2, 0) is 11.2 Å². The van der Waals surface area contributed by atoms with Gasteiger partial charge in [-0.05, 0) is 41.7 Å². The molecule has 4 heteroatoms. The summed E-state index contributed by atoms with van der Waals surface area (Å²) in [5.41, 5.74) is 2.73. The van der Waals surface area contributed by atoms with E-state index in [1.807, 2.05) is 42.5 Å². The van der Waals surface area contributed by atoms with Crippen LogP contribution in [0.1, 0.15) is 17.5 Å². The highest BCUT2D eigenvalue weighted by molar-refractivity contribution is 6.42. The average Bonchev–Trinajstić information content (AvgIpc) is 2.47. The fourth-order valence-electron chi connectivity index (χ4n) is 2.08. The molecule has 0 spiro atoms. The van der Waals surface area contributed by atoms with Gasteiger partial charge in [0, 0.05) is 6.08 Å². The van der Waals surface area contributed by atoms with E-state index in [0.717, 1.165) is 16.7 Å². The van der Waals surface area contributed by atoms with Gasteiger partial charge in [0.05, 0.1) is 10.0 Å². The Labute approximate surface area is 133 Å². The Balaban J connectivity index is 2.17. The molecule has 0 saturated heterocycles. The van der Waals surface area contributed by atoms with E-state index in [9.17, 15) is 4.79 Å². The fourth-order valence-corrected chi connectivity index (χ4v) is 2.40. The summed E-state index contributed by atoms with van der Waals surface area (Å²) in [4.78, 5) is 11.0. The topological polar surface area (TPSA) is 37.3 Å². The zero-order valence-corrected chi connectivity index (χ0v) is 12.7. The third-order valence-electron chi connectivity index (χ3n) is 3.11. The molecule has 21 heavy (non-hydrogen) atoms. The molecule has 0 bridgehead atoms. The number of carboxylic acid groups (broad SMARTS) is 1. The van der Waals surface area contributed by atoms with E-state index in [2.05, 4.69) is 0 Å². The highest BCUT2D eigenvalue weighted by Crippen LogP contribution is 2.25. The minimum absolute atomic E-state index is 0.512. The van der Waals surface area contributed by atoms with Gasteiger partial charge in [0.2, 0.25) is 0 Å². The highest BCUT2D eigenvalue weighted by atomic mass is 35.5. The van der Waals surface area contributed by atoms with Gasteiger partial charge in [-0.1, -0.05) is 59.6 Å². The molecule has 108 valence electrons. The van der Waals surface area contributed by atoms with E-state index in [1.165, 1.54) is 6.08 Å². The summed E-state index contributed by atoms with van der Waals surface area (Å²) in [7, 11) is 0. The summed E-state index contributed by atoms with van der Waals surface area (Å²) >= 11 is 11.9. The van der Waals surface area contributed by atoms with Crippen molar-refractivity contribution in [2.75, 3.05) is 0 Å². The van der Waals surface area contributed by atoms with Crippen molar-refractivity contribution < 1.29 is 9.90 Å². The molecule has 0 saturated carbocycles. The van der Waals surface area contributed by atoms with Crippen LogP contribution in [0.5, 0.6) is 0 Å². The molecule has 2 aromatic carbocycles. The van der Waals surface area contributed by atoms with Crippen molar-refractivity contribution in [1.29, 1.82) is 0 Å². The molecule has 0 amide bonds. The van der Waals surface area contributed by atoms with Crippen LogP contribution in [0.25, 0.3) is 5.57 Å². The third-order valence-corrected chi connectivity index (χ3v) is 3.85. The van der Waals surface area contributed by atoms with Gasteiger partial charge in [-0.25, -0.2) is 4.79 Å². The maximum atomic E-state index is 11.0. The molecule has 2 nitrogen and oxygen atoms in total. The summed E-state index contributed by atoms with van der Waals surface area (Å²) in [5, 5.41) is 10.0. The Kier molecular flexibility index (Phi) is 5.43. The molecule has 0 unspecified atom stereocenters. The van der Waals surface area contributed by atoms with Gasteiger partial charge in [0.15, 0.2) is 0 Å². The summed E-state index contributed by atoms with van der Waals surface area (Å²) in [6.45, 7) is 0. The maximum Gasteiger partial charge on any atom is 0.328 e. The van der Waals surface area contributed by atoms with Gasteiger partial charge in [0.25, 0.3) is 0 Å². The lowest BCUT2D eigenvalue weighted by Gasteiger charge is -2.08. The number of allylic oxidation sites excluding steroid dienone is 1. The number of rotatable bonds is 5. The standard InChI is InChI=1S/C17H14Cl2O2/c18-15-9-7-12(10-16(15)19)6-8-14(11-17(20)21)13-4-2-1-3-5-13/h1-5,7,9-11H,6,8H2,(H,20,21). The van der Waals surface area contributed by atoms with Crippen LogP contribution in [0, 0.1) is 0 Å². The van der Waals surface area contributed by atoms with Crippen molar-refractivity contribution >= 4 is 34.7 Å². The van der Waals surface area contributed by atoms with Gasteiger partial charge in [-0.2, -0.15) is 0 Å². The van der Waals surface area contributed by atoms with E-state index in [-0.39, 0.29) is 0 Å². The van der Waals surface area contributed by atoms with E-state index >= 15 is 0 Å². The van der Waals surface area contributed by atoms with Crippen molar-refractivity contribution in [2.45, 2.75) is 12.8 Å². The van der Waals surface area contributed by atoms with Crippen LogP contribution in [-0.4, -0.2) is 11.1 Å². The van der Waals surface area contributed by atoms with Gasteiger partial charge < -0.3 is 5.11 Å². The predicted octanol–water partition coefficient (Wildman–Crippen LogP) is 5.09. The molecule has 0 aliphatic rings. The van der Waals surface area contributed by atoms with Crippen molar-refractivity contribution in [3.05, 3.63) is 75.8 Å². The molecule has 0 aliphatic carbocycles. The Hall–Kier alpha value is -1.77. The number of benzene rings is 2. The minimum Gasteiger partial charge on any atom is -0.478 e. The van der Waals surface area contributed by atoms with Crippen LogP contribution in [0.15, 0.2) is 54.6 Å². The lowest BCUT2D eigenvalue weighted by atomic mass is 9.98. The predicted molar refractivity (Wildman–Crippen MR) is 86.8 cm³/mol. The van der Waals surface area contributed by atoms with Crippen molar-refractivity contribution in [1.82, 2.24) is 0 Å². The second-order valence-corrected chi connectivity index (χ2v) is 5.44. The molecule has 0 heterocycles. The van der Waals surface area contributed by atoms with Crippen LogP contribution in [0.2, 0.25) is 10.0 Å². The van der Waals surface area contributed by atoms with Crippen LogP contribution in [0.4, 0.5) is 0 Å². The molecule has 1 N–H and O–H groups in total. The van der Waals surface area contributed by atoms with Crippen molar-refractivity contribution in [3.8, 4) is 0 Å². The second-order valence-electron chi connectivity index (χ2n) is 4.62. The molecule has 0 fully saturated rings. The number of hydrogen-bond acceptors (Lipinski definition) is 1. The second kappa shape index (κ2) is 7.30. The van der Waals surface area contributed by atoms with Gasteiger partial charge in [-0.3, -0.25) is 0 Å². The Bertz CT molecular complexity index is 664. The molecule has 0 aromatic heterocycles. The first-order chi connectivity index (χ1) is 10.1. The normalized spacial score (nSPS) is 11.4. The van der Waals surface area contributed by atoms with Gasteiger partial charge >= 0.3 is 5.97 Å². The van der Waals surface area contributed by atoms with Crippen LogP contribution in [0.3, 0.4) is 0 Å². The highest BCUT2D eigenvalue weighted by Gasteiger charge is 2.06. The SMILES string of the molecule is O=C(O)C=C(CCc1ccc(Cl)c(Cl)c1)c1ccccc1. The number of aryl methyl sites for hydroxylation is 1. The first-order valence-corrected chi connectivity index (χ1v) is 7.24. The first-order valence-electron chi connectivity index (χ1n) is 6.49. The van der Waals surface area contributed by atoms with E-state index in [0.29, 0.717) is 22.9 Å². The van der Waals surface area contributed by atoms with Gasteiger partial charge in [-0.15, -0.1) is 0 Å². The van der Waals surface area contributed by atoms with Crippen molar-refractivity contribution in [3.63, 3.8) is 0 Å². The molecular weight excluding hydrogens is 307 g/mol. The zero-order chi connectivity index (χ0) is 15.2. The largest absolute Gasteiger partial charge is 0.478 e. The molecule has 0 radical (unpaired) electrons. The quantitative estimate of drug-likeness (QED) is 0.779. The van der Waals surface area contributed by atoms with Crippen LogP contribution < -0.4 is 0 Å². The van der Waals surface area contributed by atoms with Gasteiger partial charge in [0.1, 0.15) is 0 Å². The Morgan fingerprint density at radius 2 is 1.76 bits per heavy atom. The summed E-state index contributed by atoms with van der Waals surface area (Å²) in [5.74, 6) is -0.942. The Morgan fingerprint density at radius 3 is 2.38 bits per heavy atom. The lowest BCUT2D eigenvalue weighted by Crippen LogP contribution is -1.95. The fraction of sp³-hybridized carbons (Fsp3) is 0.118. The summed E-state index contributed by atoms with van der Waals surface area (Å²) in [6, 6.07) is 15.0. The summed E-state index contributed by atoms with van der Waals surface area (Å²) in [6.07, 6.45) is 2.58. The number of aliphatic carboxylic acids is 1. The average molecular weight is 321 g/mol. The molecule has 0 atom stereocenters. The molecule has 2 rings (SSSR count). The van der Waals surface area contributed by atoms with E-state index in [4.69, 9.17) is 28.3 Å². The zero-order valence-electron chi connectivity index (χ0n) is 11.2. The first kappa shape index (κ1) is 15.6. The molecule has 0 aliphatic heterocycles. The number of hydrogen-bond donors (Lipinski definition) is 1. The third kappa shape index (κ3) is 4.62. The van der Waals surface area contributed by atoms with E-state index in [1.54, 1.807) is 6.07 Å². The van der Waals surface area contributed by atoms with E-state index < -0.39 is 5.97 Å². The summed E-state index contributed by atoms with van der Waals surface area (Å²) < 4.78 is 0. The smallest absolute Gasteiger partial charge is 0.328 e. The molecular formula is C17H14Cl2O2. The Morgan fingerprint density at radius 1 is 1.05 bits per heavy atom. The number of carboxylic acids is 1. The lowest BCUT2D eigenvalue weighted by molar-refractivity contribution is -0.131. The monoisotopic (exact) mass is 320 g/mol. The van der Waals surface area contributed by atoms with Crippen LogP contribution >= 0.6 is 23.2 Å². The van der Waals surface area contributed by atoms with Crippen molar-refractivity contribution in [2.24, 2.45) is 0 Å². The molecule has 2 aromatic rings. The number of halogens is 2. The minimum atomic E-state index is -0.942. The maximum absolute atomic E-state index is 11.0. The number of carbonyl (C=O) groups is 1.